The van der Waals surface area contributed by atoms with Crippen LogP contribution in [-0.2, 0) is 16.0 Å². The van der Waals surface area contributed by atoms with Crippen LogP contribution in [0.3, 0.4) is 0 Å². The van der Waals surface area contributed by atoms with E-state index in [1.807, 2.05) is 12.1 Å². The van der Waals surface area contributed by atoms with Gasteiger partial charge in [0.05, 0.1) is 5.92 Å². The zero-order valence-electron chi connectivity index (χ0n) is 9.50. The molecule has 1 aromatic heterocycles. The molecule has 0 spiro atoms. The van der Waals surface area contributed by atoms with Crippen molar-refractivity contribution in [1.29, 1.82) is 0 Å². The minimum atomic E-state index is -0.387. The minimum Gasteiger partial charge on any atom is -0.369 e. The minimum absolute atomic E-state index is 0.0118. The first-order chi connectivity index (χ1) is 8.16. The highest BCUT2D eigenvalue weighted by Gasteiger charge is 2.32. The number of hydrogen-bond donors (Lipinski definition) is 1. The van der Waals surface area contributed by atoms with Gasteiger partial charge in [-0.25, -0.2) is 0 Å². The molecule has 2 heterocycles. The van der Waals surface area contributed by atoms with E-state index in [-0.39, 0.29) is 24.2 Å². The monoisotopic (exact) mass is 233 g/mol. The maximum absolute atomic E-state index is 11.6. The molecule has 90 valence electrons. The largest absolute Gasteiger partial charge is 0.369 e. The fourth-order valence-electron chi connectivity index (χ4n) is 1.99. The molecule has 17 heavy (non-hydrogen) atoms. The lowest BCUT2D eigenvalue weighted by Gasteiger charge is -2.15. The summed E-state index contributed by atoms with van der Waals surface area (Å²) in [6.45, 7) is 1.07. The Morgan fingerprint density at radius 1 is 1.59 bits per heavy atom. The van der Waals surface area contributed by atoms with E-state index in [1.54, 1.807) is 17.3 Å². The molecule has 5 heteroatoms. The summed E-state index contributed by atoms with van der Waals surface area (Å²) >= 11 is 0. The molecule has 1 fully saturated rings. The summed E-state index contributed by atoms with van der Waals surface area (Å²) in [5.74, 6) is -0.698. The van der Waals surface area contributed by atoms with E-state index in [2.05, 4.69) is 4.98 Å². The lowest BCUT2D eigenvalue weighted by molar-refractivity contribution is -0.128. The molecular formula is C12H15N3O2. The normalized spacial score (nSPS) is 19.6. The Kier molecular flexibility index (Phi) is 3.37. The first kappa shape index (κ1) is 11.6. The van der Waals surface area contributed by atoms with Gasteiger partial charge < -0.3 is 10.6 Å². The Bertz CT molecular complexity index is 419. The van der Waals surface area contributed by atoms with Gasteiger partial charge in [-0.1, -0.05) is 6.07 Å². The van der Waals surface area contributed by atoms with Gasteiger partial charge in [0, 0.05) is 31.9 Å². The first-order valence-corrected chi connectivity index (χ1v) is 5.63. The van der Waals surface area contributed by atoms with Crippen molar-refractivity contribution in [2.75, 3.05) is 13.1 Å². The van der Waals surface area contributed by atoms with Crippen LogP contribution in [0, 0.1) is 5.92 Å². The van der Waals surface area contributed by atoms with Crippen LogP contribution < -0.4 is 5.73 Å². The van der Waals surface area contributed by atoms with Crippen molar-refractivity contribution < 1.29 is 9.59 Å². The van der Waals surface area contributed by atoms with E-state index in [9.17, 15) is 9.59 Å². The highest BCUT2D eigenvalue weighted by Crippen LogP contribution is 2.17. The number of amides is 2. The third-order valence-electron chi connectivity index (χ3n) is 3.01. The number of aromatic nitrogens is 1. The Labute approximate surface area is 99.6 Å². The maximum Gasteiger partial charge on any atom is 0.223 e. The average Bonchev–Trinajstić information content (AvgIpc) is 2.70. The van der Waals surface area contributed by atoms with Crippen molar-refractivity contribution >= 4 is 11.8 Å². The number of pyridine rings is 1. The van der Waals surface area contributed by atoms with Crippen LogP contribution in [0.2, 0.25) is 0 Å². The van der Waals surface area contributed by atoms with E-state index in [0.29, 0.717) is 13.1 Å². The topological polar surface area (TPSA) is 76.3 Å². The van der Waals surface area contributed by atoms with Crippen molar-refractivity contribution in [1.82, 2.24) is 9.88 Å². The molecule has 0 bridgehead atoms. The highest BCUT2D eigenvalue weighted by molar-refractivity contribution is 5.88. The van der Waals surface area contributed by atoms with Crippen LogP contribution in [0.4, 0.5) is 0 Å². The van der Waals surface area contributed by atoms with E-state index in [1.165, 1.54) is 0 Å². The van der Waals surface area contributed by atoms with Crippen molar-refractivity contribution in [3.05, 3.63) is 30.1 Å². The van der Waals surface area contributed by atoms with Gasteiger partial charge in [-0.2, -0.15) is 0 Å². The fraction of sp³-hybridized carbons (Fsp3) is 0.417. The number of carbonyl (C=O) groups excluding carboxylic acids is 2. The fourth-order valence-corrected chi connectivity index (χ4v) is 1.99. The van der Waals surface area contributed by atoms with Crippen LogP contribution in [0.1, 0.15) is 12.0 Å². The van der Waals surface area contributed by atoms with E-state index in [4.69, 9.17) is 5.73 Å². The molecule has 1 aromatic rings. The van der Waals surface area contributed by atoms with Crippen LogP contribution in [0.15, 0.2) is 24.5 Å². The number of likely N-dealkylation sites (tertiary alicyclic amines) is 1. The second kappa shape index (κ2) is 4.95. The Morgan fingerprint density at radius 2 is 2.41 bits per heavy atom. The Hall–Kier alpha value is -1.91. The van der Waals surface area contributed by atoms with E-state index < -0.39 is 0 Å². The molecule has 0 aliphatic carbocycles. The van der Waals surface area contributed by atoms with Crippen LogP contribution in [-0.4, -0.2) is 34.8 Å². The van der Waals surface area contributed by atoms with E-state index >= 15 is 0 Å². The smallest absolute Gasteiger partial charge is 0.223 e. The molecule has 2 rings (SSSR count). The predicted octanol–water partition coefficient (Wildman–Crippen LogP) is -0.0421. The summed E-state index contributed by atoms with van der Waals surface area (Å²) in [4.78, 5) is 28.3. The molecule has 2 N–H and O–H groups in total. The van der Waals surface area contributed by atoms with Gasteiger partial charge in [0.25, 0.3) is 0 Å². The Balaban J connectivity index is 1.88. The summed E-state index contributed by atoms with van der Waals surface area (Å²) in [5, 5.41) is 0. The number of carbonyl (C=O) groups is 2. The molecule has 1 unspecified atom stereocenters. The SMILES string of the molecule is NC(=O)C1CC(=O)N(CCc2cccnc2)C1. The second-order valence-corrected chi connectivity index (χ2v) is 4.25. The Morgan fingerprint density at radius 3 is 3.00 bits per heavy atom. The van der Waals surface area contributed by atoms with Gasteiger partial charge in [0.2, 0.25) is 11.8 Å². The van der Waals surface area contributed by atoms with Crippen LogP contribution >= 0.6 is 0 Å². The van der Waals surface area contributed by atoms with Gasteiger partial charge in [-0.15, -0.1) is 0 Å². The molecule has 0 radical (unpaired) electrons. The summed E-state index contributed by atoms with van der Waals surface area (Å²) in [5.41, 5.74) is 6.29. The zero-order chi connectivity index (χ0) is 12.3. The summed E-state index contributed by atoms with van der Waals surface area (Å²) in [6.07, 6.45) is 4.51. The quantitative estimate of drug-likeness (QED) is 0.792. The highest BCUT2D eigenvalue weighted by atomic mass is 16.2. The summed E-state index contributed by atoms with van der Waals surface area (Å²) in [6, 6.07) is 3.84. The number of hydrogen-bond acceptors (Lipinski definition) is 3. The van der Waals surface area contributed by atoms with Gasteiger partial charge >= 0.3 is 0 Å². The molecule has 1 atom stereocenters. The summed E-state index contributed by atoms with van der Waals surface area (Å²) < 4.78 is 0. The zero-order valence-corrected chi connectivity index (χ0v) is 9.50. The second-order valence-electron chi connectivity index (χ2n) is 4.25. The molecule has 0 aromatic carbocycles. The predicted molar refractivity (Wildman–Crippen MR) is 61.8 cm³/mol. The molecule has 5 nitrogen and oxygen atoms in total. The van der Waals surface area contributed by atoms with Gasteiger partial charge in [0.1, 0.15) is 0 Å². The molecule has 2 amide bonds. The molecule has 0 saturated carbocycles. The standard InChI is InChI=1S/C12H15N3O2/c13-12(17)10-6-11(16)15(8-10)5-3-9-2-1-4-14-7-9/h1-2,4,7,10H,3,5-6,8H2,(H2,13,17). The first-order valence-electron chi connectivity index (χ1n) is 5.63. The number of primary amides is 1. The number of nitrogens with two attached hydrogens (primary N) is 1. The van der Waals surface area contributed by atoms with Crippen LogP contribution in [0.5, 0.6) is 0 Å². The lowest BCUT2D eigenvalue weighted by Crippen LogP contribution is -2.30. The third kappa shape index (κ3) is 2.81. The van der Waals surface area contributed by atoms with Gasteiger partial charge in [-0.3, -0.25) is 14.6 Å². The van der Waals surface area contributed by atoms with Crippen molar-refractivity contribution in [2.24, 2.45) is 11.7 Å². The lowest BCUT2D eigenvalue weighted by atomic mass is 10.1. The number of nitrogens with zero attached hydrogens (tertiary/aromatic N) is 2. The van der Waals surface area contributed by atoms with Gasteiger partial charge in [0.15, 0.2) is 0 Å². The average molecular weight is 233 g/mol. The molecule has 1 aliphatic heterocycles. The molecular weight excluding hydrogens is 218 g/mol. The molecule has 1 aliphatic rings. The van der Waals surface area contributed by atoms with E-state index in [0.717, 1.165) is 12.0 Å². The third-order valence-corrected chi connectivity index (χ3v) is 3.01. The van der Waals surface area contributed by atoms with Crippen molar-refractivity contribution in [2.45, 2.75) is 12.8 Å². The number of rotatable bonds is 4. The van der Waals surface area contributed by atoms with Crippen LogP contribution in [0.25, 0.3) is 0 Å². The van der Waals surface area contributed by atoms with Crippen molar-refractivity contribution in [3.63, 3.8) is 0 Å². The maximum atomic E-state index is 11.6. The van der Waals surface area contributed by atoms with Gasteiger partial charge in [-0.05, 0) is 18.1 Å². The molecule has 1 saturated heterocycles. The summed E-state index contributed by atoms with van der Waals surface area (Å²) in [7, 11) is 0. The van der Waals surface area contributed by atoms with Crippen molar-refractivity contribution in [3.8, 4) is 0 Å².